The van der Waals surface area contributed by atoms with E-state index < -0.39 is 0 Å². The lowest BCUT2D eigenvalue weighted by Gasteiger charge is -2.34. The number of piperazine rings is 1. The van der Waals surface area contributed by atoms with Gasteiger partial charge >= 0.3 is 0 Å². The Morgan fingerprint density at radius 1 is 0.939 bits per heavy atom. The van der Waals surface area contributed by atoms with Gasteiger partial charge in [0.05, 0.1) is 0 Å². The molecule has 0 aliphatic carbocycles. The lowest BCUT2D eigenvalue weighted by atomic mass is 10.1. The maximum absolute atomic E-state index is 12.9. The summed E-state index contributed by atoms with van der Waals surface area (Å²) in [5.74, 6) is 0.113. The van der Waals surface area contributed by atoms with Gasteiger partial charge in [-0.3, -0.25) is 9.69 Å². The van der Waals surface area contributed by atoms with Crippen molar-refractivity contribution in [3.63, 3.8) is 0 Å². The quantitative estimate of drug-likeness (QED) is 0.494. The van der Waals surface area contributed by atoms with Crippen molar-refractivity contribution in [3.05, 3.63) is 77.5 Å². The highest BCUT2D eigenvalue weighted by Gasteiger charge is 2.20. The second-order valence-corrected chi connectivity index (χ2v) is 9.21. The minimum absolute atomic E-state index is 0.113. The molecule has 0 spiro atoms. The van der Waals surface area contributed by atoms with Crippen molar-refractivity contribution >= 4 is 22.9 Å². The summed E-state index contributed by atoms with van der Waals surface area (Å²) in [5, 5.41) is 1.21. The highest BCUT2D eigenvalue weighted by molar-refractivity contribution is 5.97. The van der Waals surface area contributed by atoms with Crippen molar-refractivity contribution in [2.24, 2.45) is 0 Å². The molecule has 1 aliphatic rings. The Kier molecular flexibility index (Phi) is 7.63. The number of carbonyl (C=O) groups excluding carboxylic acids is 1. The molecular formula is C28H36N4O. The molecule has 1 amide bonds. The summed E-state index contributed by atoms with van der Waals surface area (Å²) in [6.07, 6.45) is 4.85. The van der Waals surface area contributed by atoms with E-state index in [1.807, 2.05) is 11.0 Å². The van der Waals surface area contributed by atoms with Gasteiger partial charge in [-0.25, -0.2) is 0 Å². The minimum atomic E-state index is 0.113. The van der Waals surface area contributed by atoms with E-state index in [9.17, 15) is 4.79 Å². The lowest BCUT2D eigenvalue weighted by molar-refractivity contribution is -0.127. The van der Waals surface area contributed by atoms with Crippen LogP contribution in [0.2, 0.25) is 0 Å². The van der Waals surface area contributed by atoms with Crippen LogP contribution in [0.5, 0.6) is 0 Å². The molecule has 0 unspecified atom stereocenters. The number of amides is 1. The molecule has 0 bridgehead atoms. The summed E-state index contributed by atoms with van der Waals surface area (Å²) >= 11 is 0. The molecule has 1 fully saturated rings. The molecule has 2 heterocycles. The van der Waals surface area contributed by atoms with Crippen LogP contribution in [0.3, 0.4) is 0 Å². The predicted octanol–water partition coefficient (Wildman–Crippen LogP) is 3.91. The van der Waals surface area contributed by atoms with Crippen LogP contribution in [0.15, 0.2) is 60.7 Å². The summed E-state index contributed by atoms with van der Waals surface area (Å²) in [4.78, 5) is 19.6. The number of nitrogens with zero attached hydrogens (tertiary/aromatic N) is 4. The molecule has 174 valence electrons. The lowest BCUT2D eigenvalue weighted by Crippen LogP contribution is -2.48. The van der Waals surface area contributed by atoms with Crippen molar-refractivity contribution in [2.75, 3.05) is 53.4 Å². The number of aromatic nitrogens is 1. The second kappa shape index (κ2) is 10.8. The van der Waals surface area contributed by atoms with Gasteiger partial charge in [-0.15, -0.1) is 0 Å². The summed E-state index contributed by atoms with van der Waals surface area (Å²) in [6.45, 7) is 8.59. The zero-order valence-corrected chi connectivity index (χ0v) is 20.2. The molecule has 33 heavy (non-hydrogen) atoms. The highest BCUT2D eigenvalue weighted by atomic mass is 16.2. The second-order valence-electron chi connectivity index (χ2n) is 9.21. The first kappa shape index (κ1) is 23.3. The van der Waals surface area contributed by atoms with Gasteiger partial charge in [0, 0.05) is 74.0 Å². The van der Waals surface area contributed by atoms with Crippen molar-refractivity contribution in [2.45, 2.75) is 19.9 Å². The topological polar surface area (TPSA) is 31.7 Å². The zero-order valence-electron chi connectivity index (χ0n) is 20.2. The number of likely N-dealkylation sites (N-methyl/N-ethyl adjacent to an activating group) is 1. The van der Waals surface area contributed by atoms with Crippen molar-refractivity contribution in [1.82, 2.24) is 19.3 Å². The van der Waals surface area contributed by atoms with E-state index in [0.717, 1.165) is 57.8 Å². The van der Waals surface area contributed by atoms with Crippen LogP contribution in [-0.2, 0) is 17.8 Å². The largest absolute Gasteiger partial charge is 0.343 e. The molecule has 0 atom stereocenters. The number of benzene rings is 2. The van der Waals surface area contributed by atoms with E-state index in [2.05, 4.69) is 90.0 Å². The first-order valence-corrected chi connectivity index (χ1v) is 12.0. The van der Waals surface area contributed by atoms with Gasteiger partial charge in [0.25, 0.3) is 0 Å². The smallest absolute Gasteiger partial charge is 0.246 e. The van der Waals surface area contributed by atoms with E-state index in [1.165, 1.54) is 22.2 Å². The number of fused-ring (bicyclic) bond motifs is 1. The van der Waals surface area contributed by atoms with Crippen molar-refractivity contribution < 1.29 is 4.79 Å². The van der Waals surface area contributed by atoms with Gasteiger partial charge in [-0.1, -0.05) is 48.5 Å². The molecule has 2 aromatic carbocycles. The van der Waals surface area contributed by atoms with Crippen LogP contribution in [0, 0.1) is 6.92 Å². The van der Waals surface area contributed by atoms with Crippen LogP contribution >= 0.6 is 0 Å². The predicted molar refractivity (Wildman–Crippen MR) is 137 cm³/mol. The third-order valence-electron chi connectivity index (χ3n) is 6.69. The van der Waals surface area contributed by atoms with E-state index in [-0.39, 0.29) is 5.91 Å². The van der Waals surface area contributed by atoms with Crippen LogP contribution in [0.4, 0.5) is 0 Å². The fourth-order valence-corrected chi connectivity index (χ4v) is 4.64. The first-order valence-electron chi connectivity index (χ1n) is 12.0. The van der Waals surface area contributed by atoms with Gasteiger partial charge in [0.2, 0.25) is 5.91 Å². The maximum Gasteiger partial charge on any atom is 0.246 e. The molecule has 1 saturated heterocycles. The van der Waals surface area contributed by atoms with Crippen molar-refractivity contribution in [1.29, 1.82) is 0 Å². The maximum atomic E-state index is 12.9. The molecule has 0 saturated carbocycles. The summed E-state index contributed by atoms with van der Waals surface area (Å²) in [5.41, 5.74) is 4.97. The molecule has 4 rings (SSSR count). The Morgan fingerprint density at radius 3 is 2.36 bits per heavy atom. The average molecular weight is 445 g/mol. The monoisotopic (exact) mass is 444 g/mol. The standard InChI is InChI=1S/C28H36N4O/c1-23-25(26-11-7-8-12-27(26)32(23)22-17-29(2)3)13-14-28(33)31-20-18-30(19-21-31)16-15-24-9-5-4-6-10-24/h4-14H,15-22H2,1-3H3. The zero-order chi connectivity index (χ0) is 23.2. The molecule has 0 radical (unpaired) electrons. The van der Waals surface area contributed by atoms with Gasteiger partial charge in [0.1, 0.15) is 0 Å². The third-order valence-corrected chi connectivity index (χ3v) is 6.69. The Labute approximate surface area is 197 Å². The minimum Gasteiger partial charge on any atom is -0.343 e. The fraction of sp³-hybridized carbons (Fsp3) is 0.393. The number of hydrogen-bond donors (Lipinski definition) is 0. The number of rotatable bonds is 8. The van der Waals surface area contributed by atoms with E-state index >= 15 is 0 Å². The molecule has 1 aromatic heterocycles. The first-order chi connectivity index (χ1) is 16.0. The van der Waals surface area contributed by atoms with Gasteiger partial charge in [-0.2, -0.15) is 0 Å². The molecule has 0 N–H and O–H groups in total. The molecule has 1 aliphatic heterocycles. The SMILES string of the molecule is Cc1c(C=CC(=O)N2CCN(CCc3ccccc3)CC2)c2ccccc2n1CCN(C)C. The molecular weight excluding hydrogens is 408 g/mol. The summed E-state index contributed by atoms with van der Waals surface area (Å²) in [7, 11) is 4.20. The van der Waals surface area contributed by atoms with Gasteiger partial charge < -0.3 is 14.4 Å². The Balaban J connectivity index is 1.37. The number of para-hydroxylation sites is 1. The Bertz CT molecular complexity index is 1090. The van der Waals surface area contributed by atoms with E-state index in [4.69, 9.17) is 0 Å². The van der Waals surface area contributed by atoms with Gasteiger partial charge in [-0.05, 0) is 45.1 Å². The Hall–Kier alpha value is -2.89. The number of carbonyl (C=O) groups is 1. The molecule has 5 heteroatoms. The fourth-order valence-electron chi connectivity index (χ4n) is 4.64. The van der Waals surface area contributed by atoms with Crippen LogP contribution in [0.25, 0.3) is 17.0 Å². The summed E-state index contributed by atoms with van der Waals surface area (Å²) in [6, 6.07) is 19.1. The normalized spacial score (nSPS) is 15.2. The van der Waals surface area contributed by atoms with Crippen LogP contribution in [-0.4, -0.2) is 78.5 Å². The van der Waals surface area contributed by atoms with Gasteiger partial charge in [0.15, 0.2) is 0 Å². The third kappa shape index (κ3) is 5.73. The summed E-state index contributed by atoms with van der Waals surface area (Å²) < 4.78 is 2.37. The Morgan fingerprint density at radius 2 is 1.64 bits per heavy atom. The number of hydrogen-bond acceptors (Lipinski definition) is 3. The molecule has 3 aromatic rings. The van der Waals surface area contributed by atoms with Crippen LogP contribution < -0.4 is 0 Å². The molecule has 5 nitrogen and oxygen atoms in total. The van der Waals surface area contributed by atoms with Crippen LogP contribution in [0.1, 0.15) is 16.8 Å². The average Bonchev–Trinajstić information content (AvgIpc) is 3.11. The van der Waals surface area contributed by atoms with E-state index in [0.29, 0.717) is 0 Å². The highest BCUT2D eigenvalue weighted by Crippen LogP contribution is 2.27. The van der Waals surface area contributed by atoms with Crippen molar-refractivity contribution in [3.8, 4) is 0 Å². The van der Waals surface area contributed by atoms with E-state index in [1.54, 1.807) is 6.08 Å².